The maximum atomic E-state index is 13.1. The summed E-state index contributed by atoms with van der Waals surface area (Å²) in [5, 5.41) is 9.62. The Bertz CT molecular complexity index is 713. The highest BCUT2D eigenvalue weighted by Gasteiger charge is 2.46. The number of methoxy groups -OCH3 is 1. The quantitative estimate of drug-likeness (QED) is 0.842. The van der Waals surface area contributed by atoms with Crippen LogP contribution in [0.3, 0.4) is 0 Å². The molecule has 0 aromatic heterocycles. The van der Waals surface area contributed by atoms with Crippen LogP contribution in [-0.2, 0) is 25.9 Å². The zero-order valence-corrected chi connectivity index (χ0v) is 15.6. The van der Waals surface area contributed by atoms with Gasteiger partial charge in [0.25, 0.3) is 0 Å². The van der Waals surface area contributed by atoms with E-state index in [4.69, 9.17) is 4.74 Å². The lowest BCUT2D eigenvalue weighted by molar-refractivity contribution is -0.160. The lowest BCUT2D eigenvalue weighted by atomic mass is 9.77. The number of carboxylic acids is 1. The number of carbonyl (C=O) groups is 2. The summed E-state index contributed by atoms with van der Waals surface area (Å²) < 4.78 is 44.1. The second-order valence-electron chi connectivity index (χ2n) is 7.55. The highest BCUT2D eigenvalue weighted by molar-refractivity contribution is 5.88. The number of aliphatic carboxylic acids is 1. The average molecular weight is 387 g/mol. The fourth-order valence-electron chi connectivity index (χ4n) is 3.54. The van der Waals surface area contributed by atoms with Crippen LogP contribution in [0.2, 0.25) is 0 Å². The molecule has 0 spiro atoms. The number of ether oxygens (including phenoxy) is 1. The number of hydrogen-bond acceptors (Lipinski definition) is 3. The van der Waals surface area contributed by atoms with Crippen molar-refractivity contribution in [3.63, 3.8) is 0 Å². The van der Waals surface area contributed by atoms with E-state index in [0.29, 0.717) is 19.4 Å². The monoisotopic (exact) mass is 387 g/mol. The predicted molar refractivity (Wildman–Crippen MR) is 92.2 cm³/mol. The molecule has 1 fully saturated rings. The summed E-state index contributed by atoms with van der Waals surface area (Å²) in [6.45, 7) is 3.41. The largest absolute Gasteiger partial charge is 0.481 e. The van der Waals surface area contributed by atoms with Gasteiger partial charge in [0.15, 0.2) is 0 Å². The van der Waals surface area contributed by atoms with E-state index in [1.165, 1.54) is 24.1 Å². The third-order valence-electron chi connectivity index (χ3n) is 5.18. The number of piperidine rings is 1. The number of carboxylic acid groups (broad SMARTS) is 1. The van der Waals surface area contributed by atoms with Gasteiger partial charge in [-0.3, -0.25) is 9.59 Å². The van der Waals surface area contributed by atoms with E-state index in [2.05, 4.69) is 0 Å². The van der Waals surface area contributed by atoms with Crippen molar-refractivity contribution in [1.29, 1.82) is 0 Å². The van der Waals surface area contributed by atoms with Crippen molar-refractivity contribution in [2.75, 3.05) is 26.8 Å². The number of benzene rings is 1. The second-order valence-corrected chi connectivity index (χ2v) is 7.55. The maximum Gasteiger partial charge on any atom is 0.416 e. The summed E-state index contributed by atoms with van der Waals surface area (Å²) in [6, 6.07) is 4.69. The third kappa shape index (κ3) is 4.26. The van der Waals surface area contributed by atoms with Crippen molar-refractivity contribution in [2.45, 2.75) is 38.3 Å². The van der Waals surface area contributed by atoms with Crippen LogP contribution >= 0.6 is 0 Å². The van der Waals surface area contributed by atoms with Gasteiger partial charge in [-0.1, -0.05) is 18.2 Å². The first-order chi connectivity index (χ1) is 12.4. The molecule has 0 radical (unpaired) electrons. The SMILES string of the molecule is COCC1(C(=O)O)CCCN(C(=O)C(C)(C)c2cccc(C(F)(F)F)c2)C1. The van der Waals surface area contributed by atoms with Crippen molar-refractivity contribution >= 4 is 11.9 Å². The van der Waals surface area contributed by atoms with Crippen molar-refractivity contribution in [2.24, 2.45) is 5.41 Å². The van der Waals surface area contributed by atoms with Gasteiger partial charge in [0.05, 0.1) is 17.6 Å². The normalized spacial score (nSPS) is 21.2. The first-order valence-corrected chi connectivity index (χ1v) is 8.63. The molecule has 8 heteroatoms. The molecule has 1 saturated heterocycles. The lowest BCUT2D eigenvalue weighted by Crippen LogP contribution is -2.55. The fourth-order valence-corrected chi connectivity index (χ4v) is 3.54. The Morgan fingerprint density at radius 3 is 2.44 bits per heavy atom. The van der Waals surface area contributed by atoms with Crippen molar-refractivity contribution in [3.05, 3.63) is 35.4 Å². The Kier molecular flexibility index (Phi) is 5.89. The molecule has 1 aromatic carbocycles. The Morgan fingerprint density at radius 2 is 1.89 bits per heavy atom. The van der Waals surface area contributed by atoms with E-state index in [-0.39, 0.29) is 18.7 Å². The molecule has 1 aliphatic rings. The molecular formula is C19H24F3NO4. The smallest absolute Gasteiger partial charge is 0.416 e. The molecule has 1 atom stereocenters. The molecule has 2 rings (SSSR count). The van der Waals surface area contributed by atoms with Gasteiger partial charge >= 0.3 is 12.1 Å². The Hall–Kier alpha value is -2.09. The topological polar surface area (TPSA) is 66.8 Å². The molecule has 1 N–H and O–H groups in total. The number of rotatable bonds is 5. The van der Waals surface area contributed by atoms with E-state index in [1.54, 1.807) is 13.8 Å². The summed E-state index contributed by atoms with van der Waals surface area (Å²) in [5.41, 5.74) is -3.01. The highest BCUT2D eigenvalue weighted by atomic mass is 19.4. The van der Waals surface area contributed by atoms with Gasteiger partial charge in [-0.05, 0) is 38.3 Å². The summed E-state index contributed by atoms with van der Waals surface area (Å²) in [7, 11) is 1.40. The summed E-state index contributed by atoms with van der Waals surface area (Å²) in [5.74, 6) is -1.44. The van der Waals surface area contributed by atoms with Gasteiger partial charge in [0, 0.05) is 20.2 Å². The molecule has 0 bridgehead atoms. The second kappa shape index (κ2) is 7.50. The standard InChI is InChI=1S/C19H24F3NO4/c1-17(2,13-6-4-7-14(10-13)19(20,21)22)15(24)23-9-5-8-18(11-23,12-27-3)16(25)26/h4,6-7,10H,5,8-9,11-12H2,1-3H3,(H,25,26). The van der Waals surface area contributed by atoms with Crippen molar-refractivity contribution in [1.82, 2.24) is 4.90 Å². The molecule has 1 aliphatic heterocycles. The van der Waals surface area contributed by atoms with Crippen molar-refractivity contribution in [3.8, 4) is 0 Å². The summed E-state index contributed by atoms with van der Waals surface area (Å²) in [4.78, 5) is 26.3. The van der Waals surface area contributed by atoms with E-state index < -0.39 is 34.4 Å². The van der Waals surface area contributed by atoms with Crippen LogP contribution in [0.25, 0.3) is 0 Å². The summed E-state index contributed by atoms with van der Waals surface area (Å²) in [6.07, 6.45) is -3.64. The Labute approximate surface area is 156 Å². The number of nitrogens with zero attached hydrogens (tertiary/aromatic N) is 1. The van der Waals surface area contributed by atoms with Crippen LogP contribution in [0.1, 0.15) is 37.8 Å². The molecule has 1 heterocycles. The molecule has 0 saturated carbocycles. The maximum absolute atomic E-state index is 13.1. The van der Waals surface area contributed by atoms with Crippen LogP contribution < -0.4 is 0 Å². The van der Waals surface area contributed by atoms with Gasteiger partial charge in [-0.2, -0.15) is 13.2 Å². The Morgan fingerprint density at radius 1 is 1.26 bits per heavy atom. The number of alkyl halides is 3. The number of halogens is 3. The van der Waals surface area contributed by atoms with Crippen LogP contribution in [0.4, 0.5) is 13.2 Å². The van der Waals surface area contributed by atoms with Crippen LogP contribution in [0, 0.1) is 5.41 Å². The first kappa shape index (κ1) is 21.2. The minimum absolute atomic E-state index is 0.0304. The molecule has 1 amide bonds. The van der Waals surface area contributed by atoms with Crippen molar-refractivity contribution < 1.29 is 32.6 Å². The minimum Gasteiger partial charge on any atom is -0.481 e. The Balaban J connectivity index is 2.31. The van der Waals surface area contributed by atoms with E-state index in [9.17, 15) is 27.9 Å². The van der Waals surface area contributed by atoms with Gasteiger partial charge in [-0.15, -0.1) is 0 Å². The van der Waals surface area contributed by atoms with Crippen LogP contribution in [-0.4, -0.2) is 48.7 Å². The first-order valence-electron chi connectivity index (χ1n) is 8.63. The molecule has 1 unspecified atom stereocenters. The number of likely N-dealkylation sites (tertiary alicyclic amines) is 1. The number of carbonyl (C=O) groups excluding carboxylic acids is 1. The molecule has 5 nitrogen and oxygen atoms in total. The molecular weight excluding hydrogens is 363 g/mol. The van der Waals surface area contributed by atoms with E-state index in [1.807, 2.05) is 0 Å². The van der Waals surface area contributed by atoms with E-state index in [0.717, 1.165) is 12.1 Å². The zero-order valence-electron chi connectivity index (χ0n) is 15.6. The van der Waals surface area contributed by atoms with Gasteiger partial charge in [0.2, 0.25) is 5.91 Å². The average Bonchev–Trinajstić information content (AvgIpc) is 2.60. The van der Waals surface area contributed by atoms with E-state index >= 15 is 0 Å². The third-order valence-corrected chi connectivity index (χ3v) is 5.18. The zero-order chi connectivity index (χ0) is 20.5. The minimum atomic E-state index is -4.50. The van der Waals surface area contributed by atoms with Gasteiger partial charge in [-0.25, -0.2) is 0 Å². The molecule has 0 aliphatic carbocycles. The molecule has 27 heavy (non-hydrogen) atoms. The summed E-state index contributed by atoms with van der Waals surface area (Å²) >= 11 is 0. The van der Waals surface area contributed by atoms with Gasteiger partial charge < -0.3 is 14.7 Å². The number of amides is 1. The highest BCUT2D eigenvalue weighted by Crippen LogP contribution is 2.36. The van der Waals surface area contributed by atoms with Crippen LogP contribution in [0.15, 0.2) is 24.3 Å². The van der Waals surface area contributed by atoms with Crippen LogP contribution in [0.5, 0.6) is 0 Å². The van der Waals surface area contributed by atoms with Gasteiger partial charge in [0.1, 0.15) is 5.41 Å². The number of hydrogen-bond donors (Lipinski definition) is 1. The molecule has 150 valence electrons. The predicted octanol–water partition coefficient (Wildman–Crippen LogP) is 3.32. The lowest BCUT2D eigenvalue weighted by Gasteiger charge is -2.42. The molecule has 1 aromatic rings. The fraction of sp³-hybridized carbons (Fsp3) is 0.579.